The van der Waals surface area contributed by atoms with Crippen molar-refractivity contribution in [3.05, 3.63) is 47.5 Å². The fourth-order valence-electron chi connectivity index (χ4n) is 3.94. The Kier molecular flexibility index (Phi) is 10.4. The Morgan fingerprint density at radius 3 is 2.30 bits per heavy atom. The number of hydrogen-bond donors (Lipinski definition) is 5. The summed E-state index contributed by atoms with van der Waals surface area (Å²) in [6.45, 7) is 5.65. The average molecular weight is 513 g/mol. The maximum absolute atomic E-state index is 11.7. The molecule has 11 heteroatoms. The second-order valence-corrected chi connectivity index (χ2v) is 8.50. The quantitative estimate of drug-likeness (QED) is 0.109. The second kappa shape index (κ2) is 14.0. The van der Waals surface area contributed by atoms with Crippen molar-refractivity contribution in [3.8, 4) is 11.5 Å². The minimum absolute atomic E-state index is 0.290. The highest BCUT2D eigenvalue weighted by Crippen LogP contribution is 2.33. The first kappa shape index (κ1) is 27.6. The molecule has 2 aromatic rings. The molecule has 1 amide bonds. The molecule has 0 unspecified atom stereocenters. The first-order chi connectivity index (χ1) is 17.9. The molecule has 0 spiro atoms. The van der Waals surface area contributed by atoms with Crippen LogP contribution in [0.5, 0.6) is 11.5 Å². The van der Waals surface area contributed by atoms with Crippen LogP contribution in [-0.4, -0.2) is 76.7 Å². The number of morpholine rings is 1. The molecule has 1 fully saturated rings. The normalized spacial score (nSPS) is 13.9. The number of carbonyl (C=O) groups excluding carboxylic acids is 2. The maximum atomic E-state index is 11.7. The van der Waals surface area contributed by atoms with Crippen molar-refractivity contribution in [1.29, 1.82) is 0 Å². The van der Waals surface area contributed by atoms with Crippen LogP contribution in [0, 0.1) is 0 Å². The summed E-state index contributed by atoms with van der Waals surface area (Å²) in [6.07, 6.45) is 5.37. The van der Waals surface area contributed by atoms with E-state index < -0.39 is 5.91 Å². The molecule has 200 valence electrons. The monoisotopic (exact) mass is 512 g/mol. The van der Waals surface area contributed by atoms with Crippen molar-refractivity contribution in [1.82, 2.24) is 4.90 Å². The number of amides is 1. The molecule has 2 aromatic carbocycles. The first-order valence-corrected chi connectivity index (χ1v) is 12.1. The maximum Gasteiger partial charge on any atom is 0.248 e. The van der Waals surface area contributed by atoms with Crippen LogP contribution >= 0.6 is 0 Å². The van der Waals surface area contributed by atoms with Crippen LogP contribution in [0.2, 0.25) is 0 Å². The molecule has 1 aliphatic heterocycles. The fraction of sp³-hybridized carbons (Fsp3) is 0.385. The average Bonchev–Trinajstić information content (AvgIpc) is 2.90. The summed E-state index contributed by atoms with van der Waals surface area (Å²) in [5.74, 6) is 0.402. The number of methoxy groups -OCH3 is 1. The third-order valence-electron chi connectivity index (χ3n) is 5.87. The van der Waals surface area contributed by atoms with Crippen LogP contribution in [0.3, 0.4) is 0 Å². The van der Waals surface area contributed by atoms with Gasteiger partial charge in [-0.2, -0.15) is 0 Å². The van der Waals surface area contributed by atoms with Crippen LogP contribution < -0.4 is 37.3 Å². The van der Waals surface area contributed by atoms with E-state index in [1.165, 1.54) is 13.2 Å². The third kappa shape index (κ3) is 8.02. The van der Waals surface area contributed by atoms with Crippen LogP contribution in [-0.2, 0) is 4.74 Å². The smallest absolute Gasteiger partial charge is 0.248 e. The predicted octanol–water partition coefficient (Wildman–Crippen LogP) is 1.95. The van der Waals surface area contributed by atoms with Gasteiger partial charge in [0.2, 0.25) is 5.91 Å². The van der Waals surface area contributed by atoms with Gasteiger partial charge in [-0.15, -0.1) is 0 Å². The number of primary amides is 1. The van der Waals surface area contributed by atoms with Crippen molar-refractivity contribution < 1.29 is 23.8 Å². The van der Waals surface area contributed by atoms with Gasteiger partial charge in [-0.25, -0.2) is 0 Å². The van der Waals surface area contributed by atoms with Crippen molar-refractivity contribution in [3.63, 3.8) is 0 Å². The van der Waals surface area contributed by atoms with Gasteiger partial charge in [0, 0.05) is 43.9 Å². The van der Waals surface area contributed by atoms with E-state index in [0.717, 1.165) is 45.6 Å². The number of hydrogen-bond acceptors (Lipinski definition) is 10. The van der Waals surface area contributed by atoms with Crippen molar-refractivity contribution in [2.75, 3.05) is 81.8 Å². The number of rotatable bonds is 14. The van der Waals surface area contributed by atoms with Crippen molar-refractivity contribution in [2.24, 2.45) is 5.73 Å². The lowest BCUT2D eigenvalue weighted by atomic mass is 10.1. The van der Waals surface area contributed by atoms with Crippen LogP contribution in [0.25, 0.3) is 0 Å². The SMILES string of the molecule is COc1cc(C=O)cc(N)c1NC/C=C/CNc1c(N)cc(C(N)=O)cc1OCCCN1CCOCC1. The minimum atomic E-state index is -0.571. The molecule has 1 heterocycles. The van der Waals surface area contributed by atoms with Crippen LogP contribution in [0.15, 0.2) is 36.4 Å². The molecular formula is C26H36N6O5. The number of ether oxygens (including phenoxy) is 3. The van der Waals surface area contributed by atoms with Gasteiger partial charge in [-0.3, -0.25) is 14.5 Å². The zero-order chi connectivity index (χ0) is 26.6. The Labute approximate surface area is 216 Å². The summed E-state index contributed by atoms with van der Waals surface area (Å²) < 4.78 is 16.7. The standard InChI is InChI=1S/C26H36N6O5/c1-35-22-14-18(17-33)13-20(27)24(22)30-5-2-3-6-31-25-21(28)15-19(26(29)34)16-23(25)37-10-4-7-32-8-11-36-12-9-32/h2-3,13-17,30-31H,4-12,27-28H2,1H3,(H2,29,34)/b3-2+. The molecule has 0 radical (unpaired) electrons. The summed E-state index contributed by atoms with van der Waals surface area (Å²) in [5, 5.41) is 6.45. The fourth-order valence-corrected chi connectivity index (χ4v) is 3.94. The molecule has 3 rings (SSSR count). The van der Waals surface area contributed by atoms with E-state index in [1.807, 2.05) is 12.2 Å². The summed E-state index contributed by atoms with van der Waals surface area (Å²) in [5.41, 5.74) is 20.5. The lowest BCUT2D eigenvalue weighted by molar-refractivity contribution is 0.0358. The van der Waals surface area contributed by atoms with E-state index >= 15 is 0 Å². The summed E-state index contributed by atoms with van der Waals surface area (Å²) in [4.78, 5) is 25.1. The highest BCUT2D eigenvalue weighted by molar-refractivity contribution is 5.96. The largest absolute Gasteiger partial charge is 0.494 e. The van der Waals surface area contributed by atoms with Crippen molar-refractivity contribution >= 4 is 34.9 Å². The molecule has 1 saturated heterocycles. The molecule has 0 bridgehead atoms. The molecule has 1 aliphatic rings. The molecule has 11 nitrogen and oxygen atoms in total. The van der Waals surface area contributed by atoms with E-state index in [0.29, 0.717) is 59.5 Å². The molecule has 0 aromatic heterocycles. The van der Waals surface area contributed by atoms with Gasteiger partial charge in [0.1, 0.15) is 29.2 Å². The van der Waals surface area contributed by atoms with E-state index in [4.69, 9.17) is 31.4 Å². The Morgan fingerprint density at radius 2 is 1.68 bits per heavy atom. The van der Waals surface area contributed by atoms with Crippen molar-refractivity contribution in [2.45, 2.75) is 6.42 Å². The predicted molar refractivity (Wildman–Crippen MR) is 146 cm³/mol. The molecule has 0 atom stereocenters. The van der Waals surface area contributed by atoms with Crippen LogP contribution in [0.4, 0.5) is 22.7 Å². The minimum Gasteiger partial charge on any atom is -0.494 e. The Balaban J connectivity index is 1.56. The van der Waals surface area contributed by atoms with Gasteiger partial charge >= 0.3 is 0 Å². The number of aldehydes is 1. The number of nitrogens with zero attached hydrogens (tertiary/aromatic N) is 1. The van der Waals surface area contributed by atoms with Gasteiger partial charge in [0.25, 0.3) is 0 Å². The van der Waals surface area contributed by atoms with E-state index in [1.54, 1.807) is 18.2 Å². The van der Waals surface area contributed by atoms with E-state index in [2.05, 4.69) is 15.5 Å². The number of carbonyl (C=O) groups is 2. The number of nitrogens with one attached hydrogen (secondary N) is 2. The third-order valence-corrected chi connectivity index (χ3v) is 5.87. The number of anilines is 4. The Bertz CT molecular complexity index is 1100. The number of nitrogens with two attached hydrogens (primary N) is 3. The first-order valence-electron chi connectivity index (χ1n) is 12.1. The number of benzene rings is 2. The highest BCUT2D eigenvalue weighted by Gasteiger charge is 2.14. The summed E-state index contributed by atoms with van der Waals surface area (Å²) in [6, 6.07) is 6.36. The van der Waals surface area contributed by atoms with Crippen LogP contribution in [0.1, 0.15) is 27.1 Å². The summed E-state index contributed by atoms with van der Waals surface area (Å²) in [7, 11) is 1.52. The number of nitrogen functional groups attached to an aromatic ring is 2. The molecule has 8 N–H and O–H groups in total. The zero-order valence-corrected chi connectivity index (χ0v) is 21.1. The lowest BCUT2D eigenvalue weighted by Crippen LogP contribution is -2.37. The highest BCUT2D eigenvalue weighted by atomic mass is 16.5. The molecule has 0 aliphatic carbocycles. The second-order valence-electron chi connectivity index (χ2n) is 8.50. The van der Waals surface area contributed by atoms with Gasteiger partial charge in [-0.1, -0.05) is 12.2 Å². The van der Waals surface area contributed by atoms with Gasteiger partial charge in [0.05, 0.1) is 38.3 Å². The van der Waals surface area contributed by atoms with Gasteiger partial charge < -0.3 is 42.0 Å². The van der Waals surface area contributed by atoms with Gasteiger partial charge in [0.15, 0.2) is 0 Å². The topological polar surface area (TPSA) is 167 Å². The molecule has 0 saturated carbocycles. The zero-order valence-electron chi connectivity index (χ0n) is 21.1. The molecule has 37 heavy (non-hydrogen) atoms. The van der Waals surface area contributed by atoms with E-state index in [9.17, 15) is 9.59 Å². The summed E-state index contributed by atoms with van der Waals surface area (Å²) >= 11 is 0. The Morgan fingerprint density at radius 1 is 1.03 bits per heavy atom. The lowest BCUT2D eigenvalue weighted by Gasteiger charge is -2.26. The Hall–Kier alpha value is -3.96. The molecular weight excluding hydrogens is 476 g/mol. The van der Waals surface area contributed by atoms with Gasteiger partial charge in [-0.05, 0) is 30.7 Å². The van der Waals surface area contributed by atoms with E-state index in [-0.39, 0.29) is 5.56 Å².